The highest BCUT2D eigenvalue weighted by Gasteiger charge is 2.21. The van der Waals surface area contributed by atoms with E-state index < -0.39 is 5.69 Å². The fourth-order valence-electron chi connectivity index (χ4n) is 3.46. The molecule has 0 radical (unpaired) electrons. The number of rotatable bonds is 4. The Morgan fingerprint density at radius 2 is 2.12 bits per heavy atom. The molecule has 7 heteroatoms. The number of hydrogen-bond acceptors (Lipinski definition) is 4. The van der Waals surface area contributed by atoms with Crippen LogP contribution < -0.4 is 16.6 Å². The summed E-state index contributed by atoms with van der Waals surface area (Å²) in [5.74, 6) is 1.07. The Bertz CT molecular complexity index is 1010. The van der Waals surface area contributed by atoms with Crippen molar-refractivity contribution in [1.29, 1.82) is 0 Å². The van der Waals surface area contributed by atoms with E-state index in [-0.39, 0.29) is 11.2 Å². The molecule has 0 aliphatic heterocycles. The zero-order chi connectivity index (χ0) is 16.7. The number of anilines is 1. The number of fused-ring (bicyclic) bond motifs is 2. The summed E-state index contributed by atoms with van der Waals surface area (Å²) in [6.45, 7) is 0.753. The Kier molecular flexibility index (Phi) is 3.48. The van der Waals surface area contributed by atoms with Crippen molar-refractivity contribution in [1.82, 2.24) is 19.5 Å². The van der Waals surface area contributed by atoms with Gasteiger partial charge in [0.05, 0.1) is 0 Å². The predicted molar refractivity (Wildman–Crippen MR) is 92.6 cm³/mol. The SMILES string of the molecule is Cn1c(=O)[nH]c2nc(NCCC3CCc4ccccc43)[nH]c2c1=O. The molecule has 3 aromatic rings. The third kappa shape index (κ3) is 2.42. The van der Waals surface area contributed by atoms with Gasteiger partial charge in [-0.2, -0.15) is 4.98 Å². The van der Waals surface area contributed by atoms with Gasteiger partial charge in [-0.25, -0.2) is 4.79 Å². The maximum Gasteiger partial charge on any atom is 0.329 e. The number of aromatic amines is 2. The Labute approximate surface area is 137 Å². The van der Waals surface area contributed by atoms with Gasteiger partial charge in [0.15, 0.2) is 11.2 Å². The van der Waals surface area contributed by atoms with Gasteiger partial charge in [0.1, 0.15) is 0 Å². The minimum atomic E-state index is -0.465. The molecule has 24 heavy (non-hydrogen) atoms. The van der Waals surface area contributed by atoms with Gasteiger partial charge >= 0.3 is 5.69 Å². The first-order valence-electron chi connectivity index (χ1n) is 8.14. The highest BCUT2D eigenvalue weighted by Crippen LogP contribution is 2.34. The van der Waals surface area contributed by atoms with Gasteiger partial charge in [0.2, 0.25) is 5.95 Å². The average Bonchev–Trinajstić information content (AvgIpc) is 3.17. The van der Waals surface area contributed by atoms with Crippen LogP contribution in [0.25, 0.3) is 11.2 Å². The van der Waals surface area contributed by atoms with Crippen molar-refractivity contribution in [2.75, 3.05) is 11.9 Å². The van der Waals surface area contributed by atoms with Crippen molar-refractivity contribution >= 4 is 17.1 Å². The lowest BCUT2D eigenvalue weighted by molar-refractivity contribution is 0.637. The van der Waals surface area contributed by atoms with Crippen LogP contribution in [0, 0.1) is 0 Å². The Morgan fingerprint density at radius 1 is 1.29 bits per heavy atom. The lowest BCUT2D eigenvalue weighted by atomic mass is 9.98. The Hall–Kier alpha value is -2.83. The molecule has 0 saturated heterocycles. The second-order valence-corrected chi connectivity index (χ2v) is 6.25. The molecule has 1 unspecified atom stereocenters. The van der Waals surface area contributed by atoms with E-state index in [9.17, 15) is 9.59 Å². The summed E-state index contributed by atoms with van der Waals surface area (Å²) in [6.07, 6.45) is 3.32. The number of H-pyrrole nitrogens is 2. The Balaban J connectivity index is 1.47. The summed E-state index contributed by atoms with van der Waals surface area (Å²) in [5.41, 5.74) is 2.66. The minimum absolute atomic E-state index is 0.289. The normalized spacial score (nSPS) is 16.5. The van der Waals surface area contributed by atoms with Crippen LogP contribution in [0.4, 0.5) is 5.95 Å². The van der Waals surface area contributed by atoms with E-state index >= 15 is 0 Å². The second kappa shape index (κ2) is 5.67. The molecule has 4 rings (SSSR count). The van der Waals surface area contributed by atoms with E-state index in [1.54, 1.807) is 0 Å². The van der Waals surface area contributed by atoms with Crippen molar-refractivity contribution in [2.24, 2.45) is 7.05 Å². The summed E-state index contributed by atoms with van der Waals surface area (Å²) >= 11 is 0. The van der Waals surface area contributed by atoms with Crippen LogP contribution in [0.2, 0.25) is 0 Å². The first kappa shape index (κ1) is 14.7. The van der Waals surface area contributed by atoms with Crippen molar-refractivity contribution in [3.8, 4) is 0 Å². The van der Waals surface area contributed by atoms with E-state index in [1.165, 1.54) is 24.6 Å². The highest BCUT2D eigenvalue weighted by atomic mass is 16.2. The van der Waals surface area contributed by atoms with Crippen LogP contribution in [0.5, 0.6) is 0 Å². The van der Waals surface area contributed by atoms with E-state index in [0.717, 1.165) is 24.0 Å². The summed E-state index contributed by atoms with van der Waals surface area (Å²) in [4.78, 5) is 33.4. The molecule has 1 atom stereocenters. The molecule has 3 N–H and O–H groups in total. The van der Waals surface area contributed by atoms with Crippen molar-refractivity contribution in [3.05, 3.63) is 56.2 Å². The predicted octanol–water partition coefficient (Wildman–Crippen LogP) is 1.48. The molecule has 124 valence electrons. The third-order valence-electron chi connectivity index (χ3n) is 4.79. The summed E-state index contributed by atoms with van der Waals surface area (Å²) in [5, 5.41) is 3.22. The van der Waals surface area contributed by atoms with Gasteiger partial charge < -0.3 is 10.3 Å². The molecule has 0 amide bonds. The van der Waals surface area contributed by atoms with Crippen LogP contribution in [-0.2, 0) is 13.5 Å². The number of nitrogens with one attached hydrogen (secondary N) is 3. The number of hydrogen-bond donors (Lipinski definition) is 3. The standard InChI is InChI=1S/C17H19N5O2/c1-22-15(23)13-14(21-17(22)24)20-16(19-13)18-9-8-11-7-6-10-4-2-3-5-12(10)11/h2-5,11H,6-9H2,1H3,(H,21,24)(H2,18,19,20). The monoisotopic (exact) mass is 325 g/mol. The van der Waals surface area contributed by atoms with Crippen LogP contribution in [-0.4, -0.2) is 26.1 Å². The van der Waals surface area contributed by atoms with Gasteiger partial charge in [-0.05, 0) is 36.3 Å². The largest absolute Gasteiger partial charge is 0.356 e. The topological polar surface area (TPSA) is 95.6 Å². The summed E-state index contributed by atoms with van der Waals surface area (Å²) in [7, 11) is 1.44. The molecule has 0 fully saturated rings. The van der Waals surface area contributed by atoms with Crippen LogP contribution >= 0.6 is 0 Å². The Morgan fingerprint density at radius 3 is 3.00 bits per heavy atom. The first-order chi connectivity index (χ1) is 11.6. The average molecular weight is 325 g/mol. The molecule has 0 saturated carbocycles. The van der Waals surface area contributed by atoms with Gasteiger partial charge in [-0.1, -0.05) is 24.3 Å². The molecule has 0 spiro atoms. The van der Waals surface area contributed by atoms with Gasteiger partial charge in [-0.3, -0.25) is 14.3 Å². The zero-order valence-corrected chi connectivity index (χ0v) is 13.4. The fourth-order valence-corrected chi connectivity index (χ4v) is 3.46. The second-order valence-electron chi connectivity index (χ2n) is 6.25. The number of imidazole rings is 1. The zero-order valence-electron chi connectivity index (χ0n) is 13.4. The quantitative estimate of drug-likeness (QED) is 0.677. The maximum atomic E-state index is 12.0. The molecule has 1 aliphatic carbocycles. The molecular formula is C17H19N5O2. The van der Waals surface area contributed by atoms with Crippen molar-refractivity contribution in [3.63, 3.8) is 0 Å². The lowest BCUT2D eigenvalue weighted by Gasteiger charge is -2.11. The smallest absolute Gasteiger partial charge is 0.329 e. The first-order valence-corrected chi connectivity index (χ1v) is 8.14. The lowest BCUT2D eigenvalue weighted by Crippen LogP contribution is -2.32. The minimum Gasteiger partial charge on any atom is -0.356 e. The van der Waals surface area contributed by atoms with Crippen LogP contribution in [0.1, 0.15) is 29.9 Å². The molecular weight excluding hydrogens is 306 g/mol. The van der Waals surface area contributed by atoms with Crippen LogP contribution in [0.3, 0.4) is 0 Å². The van der Waals surface area contributed by atoms with Gasteiger partial charge in [0.25, 0.3) is 5.56 Å². The number of nitrogens with zero attached hydrogens (tertiary/aromatic N) is 2. The molecule has 7 nitrogen and oxygen atoms in total. The molecule has 1 aromatic carbocycles. The molecule has 2 aromatic heterocycles. The van der Waals surface area contributed by atoms with Gasteiger partial charge in [0, 0.05) is 13.6 Å². The summed E-state index contributed by atoms with van der Waals surface area (Å²) in [6, 6.07) is 8.60. The number of aromatic nitrogens is 4. The van der Waals surface area contributed by atoms with E-state index in [1.807, 2.05) is 0 Å². The third-order valence-corrected chi connectivity index (χ3v) is 4.79. The summed E-state index contributed by atoms with van der Waals surface area (Å²) < 4.78 is 1.03. The molecule has 1 aliphatic rings. The van der Waals surface area contributed by atoms with Crippen LogP contribution in [0.15, 0.2) is 33.9 Å². The number of aryl methyl sites for hydroxylation is 1. The maximum absolute atomic E-state index is 12.0. The van der Waals surface area contributed by atoms with Crippen molar-refractivity contribution < 1.29 is 0 Å². The van der Waals surface area contributed by atoms with E-state index in [2.05, 4.69) is 44.5 Å². The van der Waals surface area contributed by atoms with Gasteiger partial charge in [-0.15, -0.1) is 0 Å². The fraction of sp³-hybridized carbons (Fsp3) is 0.353. The molecule has 0 bridgehead atoms. The highest BCUT2D eigenvalue weighted by molar-refractivity contribution is 5.71. The van der Waals surface area contributed by atoms with Crippen molar-refractivity contribution in [2.45, 2.75) is 25.2 Å². The number of benzene rings is 1. The molecule has 2 heterocycles. The van der Waals surface area contributed by atoms with E-state index in [0.29, 0.717) is 17.4 Å². The van der Waals surface area contributed by atoms with E-state index in [4.69, 9.17) is 0 Å².